The van der Waals surface area contributed by atoms with E-state index < -0.39 is 0 Å². The van der Waals surface area contributed by atoms with Crippen LogP contribution in [0.25, 0.3) is 10.1 Å². The van der Waals surface area contributed by atoms with Crippen LogP contribution in [0.4, 0.5) is 0 Å². The Morgan fingerprint density at radius 3 is 2.93 bits per heavy atom. The summed E-state index contributed by atoms with van der Waals surface area (Å²) in [6, 6.07) is 8.77. The Morgan fingerprint density at radius 2 is 2.07 bits per heavy atom. The van der Waals surface area contributed by atoms with E-state index in [1.807, 2.05) is 11.3 Å². The summed E-state index contributed by atoms with van der Waals surface area (Å²) in [5.74, 6) is 0. The molecule has 0 N–H and O–H groups in total. The van der Waals surface area contributed by atoms with Crippen LogP contribution in [-0.2, 0) is 13.0 Å². The van der Waals surface area contributed by atoms with Crippen molar-refractivity contribution in [2.24, 2.45) is 0 Å². The third-order valence-corrected chi connectivity index (χ3v) is 4.14. The summed E-state index contributed by atoms with van der Waals surface area (Å²) in [7, 11) is 2.20. The molecule has 2 heterocycles. The zero-order valence-corrected chi connectivity index (χ0v) is 10.3. The molecule has 1 aromatic heterocycles. The molecule has 80 valence electrons. The van der Waals surface area contributed by atoms with Crippen LogP contribution in [0.1, 0.15) is 10.4 Å². The van der Waals surface area contributed by atoms with Crippen LogP contribution in [0.3, 0.4) is 0 Å². The lowest BCUT2D eigenvalue weighted by molar-refractivity contribution is 0.318. The van der Waals surface area contributed by atoms with Crippen molar-refractivity contribution in [2.75, 3.05) is 13.6 Å². The molecular formula is C12H14ClNS. The van der Waals surface area contributed by atoms with Crippen LogP contribution in [0.15, 0.2) is 24.3 Å². The van der Waals surface area contributed by atoms with E-state index in [4.69, 9.17) is 0 Å². The SMILES string of the molecule is CN1CCc2c(sc3ccccc23)C1.Cl. The number of hydrogen-bond acceptors (Lipinski definition) is 2. The summed E-state index contributed by atoms with van der Waals surface area (Å²) < 4.78 is 1.45. The molecule has 0 bridgehead atoms. The number of thiophene rings is 1. The molecule has 0 fully saturated rings. The maximum Gasteiger partial charge on any atom is 0.0349 e. The first-order valence-corrected chi connectivity index (χ1v) is 5.84. The second-order valence-corrected chi connectivity index (χ2v) is 5.12. The number of nitrogens with zero attached hydrogens (tertiary/aromatic N) is 1. The second kappa shape index (κ2) is 4.12. The maximum atomic E-state index is 2.40. The quantitative estimate of drug-likeness (QED) is 0.682. The monoisotopic (exact) mass is 239 g/mol. The minimum atomic E-state index is 0. The molecule has 0 radical (unpaired) electrons. The summed E-state index contributed by atoms with van der Waals surface area (Å²) in [5, 5.41) is 1.49. The van der Waals surface area contributed by atoms with Crippen LogP contribution < -0.4 is 0 Å². The number of halogens is 1. The predicted octanol–water partition coefficient (Wildman–Crippen LogP) is 3.31. The standard InChI is InChI=1S/C12H13NS.ClH/c1-13-7-6-10-9-4-2-3-5-11(9)14-12(10)8-13;/h2-5H,6-8H2,1H3;1H. The molecule has 2 aromatic rings. The van der Waals surface area contributed by atoms with Crippen LogP contribution in [0.2, 0.25) is 0 Å². The van der Waals surface area contributed by atoms with Gasteiger partial charge < -0.3 is 4.90 Å². The van der Waals surface area contributed by atoms with Gasteiger partial charge in [-0.25, -0.2) is 0 Å². The zero-order chi connectivity index (χ0) is 9.54. The highest BCUT2D eigenvalue weighted by Crippen LogP contribution is 2.34. The summed E-state index contributed by atoms with van der Waals surface area (Å²) in [4.78, 5) is 3.97. The van der Waals surface area contributed by atoms with Gasteiger partial charge in [-0.05, 0) is 30.5 Å². The Morgan fingerprint density at radius 1 is 1.27 bits per heavy atom. The van der Waals surface area contributed by atoms with Crippen LogP contribution in [0.5, 0.6) is 0 Å². The third-order valence-electron chi connectivity index (χ3n) is 2.94. The molecule has 3 heteroatoms. The van der Waals surface area contributed by atoms with Gasteiger partial charge in [-0.15, -0.1) is 23.7 Å². The molecule has 1 aliphatic rings. The zero-order valence-electron chi connectivity index (χ0n) is 8.69. The molecule has 0 unspecified atom stereocenters. The van der Waals surface area contributed by atoms with E-state index in [1.165, 1.54) is 23.1 Å². The number of hydrogen-bond donors (Lipinski definition) is 0. The Bertz CT molecular complexity index is 477. The van der Waals surface area contributed by atoms with E-state index in [9.17, 15) is 0 Å². The molecule has 0 spiro atoms. The molecule has 1 aromatic carbocycles. The fourth-order valence-corrected chi connectivity index (χ4v) is 3.51. The minimum absolute atomic E-state index is 0. The molecule has 0 saturated carbocycles. The molecule has 0 saturated heterocycles. The molecular weight excluding hydrogens is 226 g/mol. The number of benzene rings is 1. The average Bonchev–Trinajstić information content (AvgIpc) is 2.54. The van der Waals surface area contributed by atoms with Crippen molar-refractivity contribution in [1.82, 2.24) is 4.90 Å². The van der Waals surface area contributed by atoms with E-state index in [-0.39, 0.29) is 12.4 Å². The van der Waals surface area contributed by atoms with Crippen LogP contribution in [-0.4, -0.2) is 18.5 Å². The van der Waals surface area contributed by atoms with Crippen molar-refractivity contribution in [1.29, 1.82) is 0 Å². The van der Waals surface area contributed by atoms with Crippen molar-refractivity contribution in [3.63, 3.8) is 0 Å². The van der Waals surface area contributed by atoms with Crippen molar-refractivity contribution in [3.05, 3.63) is 34.7 Å². The summed E-state index contributed by atoms with van der Waals surface area (Å²) in [6.07, 6.45) is 1.22. The molecule has 0 aliphatic carbocycles. The Balaban J connectivity index is 0.000000853. The second-order valence-electron chi connectivity index (χ2n) is 3.99. The van der Waals surface area contributed by atoms with Crippen LogP contribution >= 0.6 is 23.7 Å². The average molecular weight is 240 g/mol. The van der Waals surface area contributed by atoms with Gasteiger partial charge in [-0.1, -0.05) is 18.2 Å². The first-order valence-electron chi connectivity index (χ1n) is 5.02. The van der Waals surface area contributed by atoms with Gasteiger partial charge in [0.2, 0.25) is 0 Å². The molecule has 1 aliphatic heterocycles. The minimum Gasteiger partial charge on any atom is -0.301 e. The topological polar surface area (TPSA) is 3.24 Å². The van der Waals surface area contributed by atoms with Crippen molar-refractivity contribution >= 4 is 33.8 Å². The van der Waals surface area contributed by atoms with Gasteiger partial charge in [-0.2, -0.15) is 0 Å². The Kier molecular flexibility index (Phi) is 3.01. The van der Waals surface area contributed by atoms with E-state index in [0.717, 1.165) is 6.54 Å². The third kappa shape index (κ3) is 1.78. The molecule has 1 nitrogen and oxygen atoms in total. The van der Waals surface area contributed by atoms with Crippen LogP contribution in [0, 0.1) is 0 Å². The van der Waals surface area contributed by atoms with E-state index in [1.54, 1.807) is 10.4 Å². The number of rotatable bonds is 0. The van der Waals surface area contributed by atoms with E-state index in [2.05, 4.69) is 36.2 Å². The lowest BCUT2D eigenvalue weighted by atomic mass is 10.0. The highest BCUT2D eigenvalue weighted by Gasteiger charge is 2.17. The Hall–Kier alpha value is -0.570. The summed E-state index contributed by atoms with van der Waals surface area (Å²) >= 11 is 1.96. The van der Waals surface area contributed by atoms with Gasteiger partial charge in [-0.3, -0.25) is 0 Å². The van der Waals surface area contributed by atoms with E-state index in [0.29, 0.717) is 0 Å². The van der Waals surface area contributed by atoms with Gasteiger partial charge >= 0.3 is 0 Å². The smallest absolute Gasteiger partial charge is 0.0349 e. The maximum absolute atomic E-state index is 2.40. The van der Waals surface area contributed by atoms with Gasteiger partial charge in [0.05, 0.1) is 0 Å². The number of likely N-dealkylation sites (N-methyl/N-ethyl adjacent to an activating group) is 1. The van der Waals surface area contributed by atoms with Gasteiger partial charge in [0.25, 0.3) is 0 Å². The summed E-state index contributed by atoms with van der Waals surface area (Å²) in [6.45, 7) is 2.34. The Labute approximate surface area is 100 Å². The molecule has 0 atom stereocenters. The van der Waals surface area contributed by atoms with Gasteiger partial charge in [0.1, 0.15) is 0 Å². The molecule has 0 amide bonds. The lowest BCUT2D eigenvalue weighted by Gasteiger charge is -2.21. The highest BCUT2D eigenvalue weighted by atomic mass is 35.5. The fraction of sp³-hybridized carbons (Fsp3) is 0.333. The van der Waals surface area contributed by atoms with Crippen molar-refractivity contribution < 1.29 is 0 Å². The van der Waals surface area contributed by atoms with Gasteiger partial charge in [0.15, 0.2) is 0 Å². The molecule has 3 rings (SSSR count). The highest BCUT2D eigenvalue weighted by molar-refractivity contribution is 7.19. The largest absolute Gasteiger partial charge is 0.301 e. The normalized spacial score (nSPS) is 16.1. The molecule has 15 heavy (non-hydrogen) atoms. The predicted molar refractivity (Wildman–Crippen MR) is 69.1 cm³/mol. The lowest BCUT2D eigenvalue weighted by Crippen LogP contribution is -2.25. The fourth-order valence-electron chi connectivity index (χ4n) is 2.18. The van der Waals surface area contributed by atoms with E-state index >= 15 is 0 Å². The summed E-state index contributed by atoms with van der Waals surface area (Å²) in [5.41, 5.74) is 1.60. The first-order chi connectivity index (χ1) is 6.84. The van der Waals surface area contributed by atoms with Crippen molar-refractivity contribution in [3.8, 4) is 0 Å². The van der Waals surface area contributed by atoms with Crippen molar-refractivity contribution in [2.45, 2.75) is 13.0 Å². The van der Waals surface area contributed by atoms with Gasteiger partial charge in [0, 0.05) is 22.7 Å². The first kappa shape index (κ1) is 10.9. The number of fused-ring (bicyclic) bond motifs is 3.